The van der Waals surface area contributed by atoms with Gasteiger partial charge in [-0.25, -0.2) is 0 Å². The molecule has 2 aromatic carbocycles. The van der Waals surface area contributed by atoms with E-state index in [-0.39, 0.29) is 11.9 Å². The molecule has 2 aromatic rings. The lowest BCUT2D eigenvalue weighted by Crippen LogP contribution is -2.32. The van der Waals surface area contributed by atoms with E-state index in [9.17, 15) is 4.79 Å². The molecule has 0 saturated heterocycles. The van der Waals surface area contributed by atoms with Crippen LogP contribution in [0.2, 0.25) is 0 Å². The zero-order valence-electron chi connectivity index (χ0n) is 18.0. The number of carbonyl (C=O) groups is 1. The Labute approximate surface area is 191 Å². The van der Waals surface area contributed by atoms with Gasteiger partial charge in [0.25, 0.3) is 5.91 Å². The first-order chi connectivity index (χ1) is 15.0. The first kappa shape index (κ1) is 21.4. The SMILES string of the molecule is COc1cc2c(cc1OCCCBr)N=CC1CC(c3ccc(N(C)C)cc3)=CN1C2=O. The van der Waals surface area contributed by atoms with Gasteiger partial charge in [-0.1, -0.05) is 28.1 Å². The molecule has 31 heavy (non-hydrogen) atoms. The molecular formula is C24H26BrN3O3. The van der Waals surface area contributed by atoms with Crippen LogP contribution in [0.3, 0.4) is 0 Å². The lowest BCUT2D eigenvalue weighted by atomic mass is 10.0. The van der Waals surface area contributed by atoms with Crippen molar-refractivity contribution < 1.29 is 14.3 Å². The molecule has 0 radical (unpaired) electrons. The van der Waals surface area contributed by atoms with Gasteiger partial charge in [0.15, 0.2) is 11.5 Å². The summed E-state index contributed by atoms with van der Waals surface area (Å²) in [6.07, 6.45) is 5.42. The second-order valence-corrected chi connectivity index (χ2v) is 8.56. The summed E-state index contributed by atoms with van der Waals surface area (Å²) in [5, 5.41) is 0.861. The van der Waals surface area contributed by atoms with Gasteiger partial charge in [0.1, 0.15) is 0 Å². The molecule has 1 unspecified atom stereocenters. The van der Waals surface area contributed by atoms with E-state index in [1.807, 2.05) is 26.5 Å². The van der Waals surface area contributed by atoms with Crippen molar-refractivity contribution in [1.29, 1.82) is 0 Å². The van der Waals surface area contributed by atoms with Gasteiger partial charge in [-0.3, -0.25) is 9.79 Å². The topological polar surface area (TPSA) is 54.4 Å². The molecular weight excluding hydrogens is 458 g/mol. The number of aliphatic imine (C=N–C) groups is 1. The predicted octanol–water partition coefficient (Wildman–Crippen LogP) is 4.90. The molecule has 162 valence electrons. The standard InChI is InChI=1S/C24H26BrN3O3/c1-27(2)18-7-5-16(6-8-18)17-11-19-14-26-21-13-23(31-10-4-9-25)22(30-3)12-20(21)24(29)28(19)15-17/h5-8,12-15,19H,4,9-11H2,1-3H3. The quantitative estimate of drug-likeness (QED) is 0.415. The fraction of sp³-hybridized carbons (Fsp3) is 0.333. The van der Waals surface area contributed by atoms with Crippen LogP contribution in [-0.2, 0) is 0 Å². The molecule has 4 rings (SSSR count). The third kappa shape index (κ3) is 4.32. The average molecular weight is 484 g/mol. The molecule has 2 aliphatic heterocycles. The number of halogens is 1. The van der Waals surface area contributed by atoms with E-state index in [0.29, 0.717) is 29.4 Å². The maximum atomic E-state index is 13.4. The number of methoxy groups -OCH3 is 1. The fourth-order valence-electron chi connectivity index (χ4n) is 3.78. The molecule has 0 bridgehead atoms. The fourth-order valence-corrected chi connectivity index (χ4v) is 4.01. The summed E-state index contributed by atoms with van der Waals surface area (Å²) in [6.45, 7) is 0.561. The molecule has 2 heterocycles. The minimum atomic E-state index is -0.104. The number of fused-ring (bicyclic) bond motifs is 2. The van der Waals surface area contributed by atoms with Crippen LogP contribution >= 0.6 is 15.9 Å². The summed E-state index contributed by atoms with van der Waals surface area (Å²) >= 11 is 3.40. The molecule has 0 spiro atoms. The van der Waals surface area contributed by atoms with Crippen LogP contribution in [0.4, 0.5) is 11.4 Å². The monoisotopic (exact) mass is 483 g/mol. The summed E-state index contributed by atoms with van der Waals surface area (Å²) in [6, 6.07) is 11.8. The van der Waals surface area contributed by atoms with Crippen LogP contribution in [-0.4, -0.2) is 56.2 Å². The lowest BCUT2D eigenvalue weighted by Gasteiger charge is -2.19. The molecule has 0 aromatic heterocycles. The number of carbonyl (C=O) groups excluding carboxylic acids is 1. The van der Waals surface area contributed by atoms with E-state index in [0.717, 1.165) is 35.0 Å². The summed E-state index contributed by atoms with van der Waals surface area (Å²) in [5.41, 5.74) is 4.52. The van der Waals surface area contributed by atoms with Crippen molar-refractivity contribution in [2.75, 3.05) is 38.0 Å². The van der Waals surface area contributed by atoms with Gasteiger partial charge in [0.05, 0.1) is 31.0 Å². The Hall–Kier alpha value is -2.80. The van der Waals surface area contributed by atoms with E-state index in [1.54, 1.807) is 24.1 Å². The number of ether oxygens (including phenoxy) is 2. The van der Waals surface area contributed by atoms with Gasteiger partial charge < -0.3 is 19.3 Å². The Kier molecular flexibility index (Phi) is 6.32. The van der Waals surface area contributed by atoms with Crippen LogP contribution in [0.5, 0.6) is 11.5 Å². The number of alkyl halides is 1. The zero-order chi connectivity index (χ0) is 22.0. The Balaban J connectivity index is 1.62. The second kappa shape index (κ2) is 9.14. The summed E-state index contributed by atoms with van der Waals surface area (Å²) in [7, 11) is 5.62. The molecule has 0 fully saturated rings. The summed E-state index contributed by atoms with van der Waals surface area (Å²) in [4.78, 5) is 21.8. The van der Waals surface area contributed by atoms with Crippen LogP contribution < -0.4 is 14.4 Å². The predicted molar refractivity (Wildman–Crippen MR) is 128 cm³/mol. The number of hydrogen-bond donors (Lipinski definition) is 0. The molecule has 0 N–H and O–H groups in total. The zero-order valence-corrected chi connectivity index (χ0v) is 19.6. The van der Waals surface area contributed by atoms with Gasteiger partial charge in [0.2, 0.25) is 0 Å². The molecule has 0 aliphatic carbocycles. The number of amides is 1. The summed E-state index contributed by atoms with van der Waals surface area (Å²) < 4.78 is 11.3. The van der Waals surface area contributed by atoms with Crippen LogP contribution in [0.15, 0.2) is 47.6 Å². The highest BCUT2D eigenvalue weighted by atomic mass is 79.9. The number of nitrogens with zero attached hydrogens (tertiary/aromatic N) is 3. The van der Waals surface area contributed by atoms with E-state index in [1.165, 1.54) is 0 Å². The molecule has 6 nitrogen and oxygen atoms in total. The Bertz CT molecular complexity index is 1030. The first-order valence-corrected chi connectivity index (χ1v) is 11.4. The van der Waals surface area contributed by atoms with Crippen LogP contribution in [0.25, 0.3) is 5.57 Å². The second-order valence-electron chi connectivity index (χ2n) is 7.77. The maximum absolute atomic E-state index is 13.4. The van der Waals surface area contributed by atoms with E-state index < -0.39 is 0 Å². The average Bonchev–Trinajstić information content (AvgIpc) is 3.16. The van der Waals surface area contributed by atoms with Crippen molar-refractivity contribution in [2.24, 2.45) is 4.99 Å². The Morgan fingerprint density at radius 2 is 1.97 bits per heavy atom. The lowest BCUT2D eigenvalue weighted by molar-refractivity contribution is 0.0817. The first-order valence-electron chi connectivity index (χ1n) is 10.3. The number of hydrogen-bond acceptors (Lipinski definition) is 5. The summed E-state index contributed by atoms with van der Waals surface area (Å²) in [5.74, 6) is 1.06. The van der Waals surface area contributed by atoms with Gasteiger partial charge in [-0.05, 0) is 35.8 Å². The highest BCUT2D eigenvalue weighted by molar-refractivity contribution is 9.09. The highest BCUT2D eigenvalue weighted by Gasteiger charge is 2.33. The van der Waals surface area contributed by atoms with E-state index in [4.69, 9.17) is 9.47 Å². The molecule has 0 saturated carbocycles. The Morgan fingerprint density at radius 1 is 1.19 bits per heavy atom. The minimum Gasteiger partial charge on any atom is -0.493 e. The van der Waals surface area contributed by atoms with Crippen molar-refractivity contribution in [2.45, 2.75) is 18.9 Å². The number of anilines is 1. The van der Waals surface area contributed by atoms with E-state index >= 15 is 0 Å². The Morgan fingerprint density at radius 3 is 2.65 bits per heavy atom. The molecule has 1 amide bonds. The largest absolute Gasteiger partial charge is 0.493 e. The van der Waals surface area contributed by atoms with Crippen molar-refractivity contribution >= 4 is 45.0 Å². The van der Waals surface area contributed by atoms with Gasteiger partial charge >= 0.3 is 0 Å². The van der Waals surface area contributed by atoms with Crippen molar-refractivity contribution in [3.05, 3.63) is 53.7 Å². The molecule has 7 heteroatoms. The third-order valence-corrected chi connectivity index (χ3v) is 6.06. The van der Waals surface area contributed by atoms with E-state index in [2.05, 4.69) is 50.1 Å². The number of benzene rings is 2. The van der Waals surface area contributed by atoms with Crippen molar-refractivity contribution in [1.82, 2.24) is 4.90 Å². The van der Waals surface area contributed by atoms with Gasteiger partial charge in [0, 0.05) is 50.0 Å². The maximum Gasteiger partial charge on any atom is 0.260 e. The van der Waals surface area contributed by atoms with Crippen LogP contribution in [0, 0.1) is 0 Å². The minimum absolute atomic E-state index is 0.0808. The third-order valence-electron chi connectivity index (χ3n) is 5.50. The van der Waals surface area contributed by atoms with Crippen molar-refractivity contribution in [3.8, 4) is 11.5 Å². The molecule has 2 aliphatic rings. The van der Waals surface area contributed by atoms with Gasteiger partial charge in [-0.15, -0.1) is 0 Å². The van der Waals surface area contributed by atoms with Gasteiger partial charge in [-0.2, -0.15) is 0 Å². The van der Waals surface area contributed by atoms with Crippen LogP contribution in [0.1, 0.15) is 28.8 Å². The number of rotatable bonds is 7. The van der Waals surface area contributed by atoms with Crippen molar-refractivity contribution in [3.63, 3.8) is 0 Å². The molecule has 1 atom stereocenters. The highest BCUT2D eigenvalue weighted by Crippen LogP contribution is 2.39. The normalized spacial score (nSPS) is 17.0. The smallest absolute Gasteiger partial charge is 0.260 e.